The second-order valence-electron chi connectivity index (χ2n) is 6.98. The van der Waals surface area contributed by atoms with E-state index in [0.29, 0.717) is 27.5 Å². The van der Waals surface area contributed by atoms with Gasteiger partial charge in [-0.3, -0.25) is 9.69 Å². The third-order valence-corrected chi connectivity index (χ3v) is 5.95. The predicted octanol–water partition coefficient (Wildman–Crippen LogP) is 5.70. The van der Waals surface area contributed by atoms with E-state index in [9.17, 15) is 4.79 Å². The lowest BCUT2D eigenvalue weighted by atomic mass is 10.2. The standard InChI is InChI=1S/C21H23Cl2N3O2S.ClH/c1-14-6-4-7-18-20(14)24-21(29-18)26(11-5-10-25(2)3)19(27)13-28-17-9-8-15(22)12-16(17)23;/h4,6-9,12H,5,10-11,13H2,1-3H3;1H. The summed E-state index contributed by atoms with van der Waals surface area (Å²) in [7, 11) is 4.03. The van der Waals surface area contributed by atoms with Crippen LogP contribution < -0.4 is 9.64 Å². The number of nitrogens with zero attached hydrogens (tertiary/aromatic N) is 3. The van der Waals surface area contributed by atoms with E-state index in [2.05, 4.69) is 4.90 Å². The maximum atomic E-state index is 13.0. The fourth-order valence-corrected chi connectivity index (χ4v) is 4.42. The average Bonchev–Trinajstić information content (AvgIpc) is 3.09. The number of aryl methyl sites for hydroxylation is 1. The Bertz CT molecular complexity index is 1010. The molecular formula is C21H24Cl3N3O2S. The van der Waals surface area contributed by atoms with Gasteiger partial charge < -0.3 is 9.64 Å². The summed E-state index contributed by atoms with van der Waals surface area (Å²) in [6.45, 7) is 3.33. The number of carbonyl (C=O) groups is 1. The molecule has 0 radical (unpaired) electrons. The highest BCUT2D eigenvalue weighted by atomic mass is 35.5. The topological polar surface area (TPSA) is 45.7 Å². The van der Waals surface area contributed by atoms with Crippen molar-refractivity contribution >= 4 is 68.2 Å². The highest BCUT2D eigenvalue weighted by Crippen LogP contribution is 2.31. The minimum absolute atomic E-state index is 0. The molecule has 3 rings (SSSR count). The molecule has 30 heavy (non-hydrogen) atoms. The Kier molecular flexibility index (Phi) is 9.19. The monoisotopic (exact) mass is 487 g/mol. The number of aromatic nitrogens is 1. The highest BCUT2D eigenvalue weighted by molar-refractivity contribution is 7.22. The Hall–Kier alpha value is -1.57. The summed E-state index contributed by atoms with van der Waals surface area (Å²) >= 11 is 13.6. The normalized spacial score (nSPS) is 10.9. The molecule has 3 aromatic rings. The Balaban J connectivity index is 0.00000320. The molecule has 1 amide bonds. The van der Waals surface area contributed by atoms with Gasteiger partial charge in [-0.15, -0.1) is 12.4 Å². The molecular weight excluding hydrogens is 465 g/mol. The average molecular weight is 489 g/mol. The molecule has 0 aliphatic heterocycles. The maximum absolute atomic E-state index is 13.0. The number of halogens is 3. The molecule has 0 saturated heterocycles. The lowest BCUT2D eigenvalue weighted by Gasteiger charge is -2.21. The minimum Gasteiger partial charge on any atom is -0.482 e. The van der Waals surface area contributed by atoms with Gasteiger partial charge in [0.15, 0.2) is 11.7 Å². The van der Waals surface area contributed by atoms with Crippen molar-refractivity contribution in [2.45, 2.75) is 13.3 Å². The summed E-state index contributed by atoms with van der Waals surface area (Å²) in [5.41, 5.74) is 2.02. The fraction of sp³-hybridized carbons (Fsp3) is 0.333. The van der Waals surface area contributed by atoms with Crippen LogP contribution in [-0.2, 0) is 4.79 Å². The number of hydrogen-bond donors (Lipinski definition) is 0. The number of benzene rings is 2. The highest BCUT2D eigenvalue weighted by Gasteiger charge is 2.21. The van der Waals surface area contributed by atoms with Crippen LogP contribution >= 0.6 is 46.9 Å². The quantitative estimate of drug-likeness (QED) is 0.408. The van der Waals surface area contributed by atoms with Crippen LogP contribution in [0.15, 0.2) is 36.4 Å². The molecule has 0 N–H and O–H groups in total. The van der Waals surface area contributed by atoms with E-state index in [4.69, 9.17) is 32.9 Å². The van der Waals surface area contributed by atoms with E-state index in [1.54, 1.807) is 23.1 Å². The molecule has 0 aliphatic rings. The Morgan fingerprint density at radius 2 is 1.93 bits per heavy atom. The number of rotatable bonds is 8. The van der Waals surface area contributed by atoms with Gasteiger partial charge in [-0.1, -0.05) is 46.7 Å². The number of anilines is 1. The molecule has 5 nitrogen and oxygen atoms in total. The van der Waals surface area contributed by atoms with Crippen molar-refractivity contribution in [2.75, 3.05) is 38.7 Å². The number of thiazole rings is 1. The SMILES string of the molecule is Cc1cccc2sc(N(CCCN(C)C)C(=O)COc3ccc(Cl)cc3Cl)nc12.Cl. The first-order chi connectivity index (χ1) is 13.8. The van der Waals surface area contributed by atoms with Crippen LogP contribution in [0.2, 0.25) is 10.0 Å². The summed E-state index contributed by atoms with van der Waals surface area (Å²) in [5.74, 6) is 0.268. The predicted molar refractivity (Wildman–Crippen MR) is 129 cm³/mol. The van der Waals surface area contributed by atoms with E-state index in [0.717, 1.165) is 28.7 Å². The van der Waals surface area contributed by atoms with Crippen molar-refractivity contribution in [3.8, 4) is 5.75 Å². The lowest BCUT2D eigenvalue weighted by molar-refractivity contribution is -0.120. The third kappa shape index (κ3) is 6.22. The van der Waals surface area contributed by atoms with Gasteiger partial charge in [0.25, 0.3) is 5.91 Å². The van der Waals surface area contributed by atoms with Crippen LogP contribution in [0.3, 0.4) is 0 Å². The molecule has 0 saturated carbocycles. The fourth-order valence-electron chi connectivity index (χ4n) is 2.87. The number of amides is 1. The van der Waals surface area contributed by atoms with Crippen LogP contribution in [0.5, 0.6) is 5.75 Å². The number of fused-ring (bicyclic) bond motifs is 1. The number of carbonyl (C=O) groups excluding carboxylic acids is 1. The van der Waals surface area contributed by atoms with Gasteiger partial charge in [-0.2, -0.15) is 0 Å². The van der Waals surface area contributed by atoms with Crippen LogP contribution in [-0.4, -0.2) is 49.6 Å². The first-order valence-corrected chi connectivity index (χ1v) is 10.8. The maximum Gasteiger partial charge on any atom is 0.266 e. The summed E-state index contributed by atoms with van der Waals surface area (Å²) in [6, 6.07) is 11.0. The second-order valence-corrected chi connectivity index (χ2v) is 8.84. The molecule has 9 heteroatoms. The summed E-state index contributed by atoms with van der Waals surface area (Å²) in [4.78, 5) is 21.5. The Morgan fingerprint density at radius 3 is 2.60 bits per heavy atom. The van der Waals surface area contributed by atoms with E-state index in [1.165, 1.54) is 11.3 Å². The van der Waals surface area contributed by atoms with Gasteiger partial charge in [-0.05, 0) is 63.8 Å². The van der Waals surface area contributed by atoms with Crippen molar-refractivity contribution in [2.24, 2.45) is 0 Å². The zero-order chi connectivity index (χ0) is 21.0. The Morgan fingerprint density at radius 1 is 1.17 bits per heavy atom. The largest absolute Gasteiger partial charge is 0.482 e. The summed E-state index contributed by atoms with van der Waals surface area (Å²) < 4.78 is 6.73. The van der Waals surface area contributed by atoms with Gasteiger partial charge in [0.2, 0.25) is 0 Å². The van der Waals surface area contributed by atoms with Gasteiger partial charge in [0.1, 0.15) is 5.75 Å². The third-order valence-electron chi connectivity index (χ3n) is 4.37. The van der Waals surface area contributed by atoms with Crippen LogP contribution in [0.4, 0.5) is 5.13 Å². The van der Waals surface area contributed by atoms with Crippen molar-refractivity contribution in [1.82, 2.24) is 9.88 Å². The molecule has 0 bridgehead atoms. The van der Waals surface area contributed by atoms with E-state index in [1.807, 2.05) is 39.2 Å². The molecule has 162 valence electrons. The Labute approximate surface area is 197 Å². The van der Waals surface area contributed by atoms with E-state index < -0.39 is 0 Å². The zero-order valence-electron chi connectivity index (χ0n) is 17.0. The molecule has 0 unspecified atom stereocenters. The zero-order valence-corrected chi connectivity index (χ0v) is 20.2. The van der Waals surface area contributed by atoms with Crippen molar-refractivity contribution < 1.29 is 9.53 Å². The number of para-hydroxylation sites is 1. The second kappa shape index (κ2) is 11.2. The van der Waals surface area contributed by atoms with E-state index in [-0.39, 0.29) is 24.9 Å². The van der Waals surface area contributed by atoms with Crippen molar-refractivity contribution in [3.63, 3.8) is 0 Å². The molecule has 0 aliphatic carbocycles. The van der Waals surface area contributed by atoms with Crippen molar-refractivity contribution in [3.05, 3.63) is 52.0 Å². The first kappa shape index (κ1) is 24.7. The van der Waals surface area contributed by atoms with E-state index >= 15 is 0 Å². The van der Waals surface area contributed by atoms with Gasteiger partial charge in [-0.25, -0.2) is 4.98 Å². The summed E-state index contributed by atoms with van der Waals surface area (Å²) in [6.07, 6.45) is 0.829. The van der Waals surface area contributed by atoms with Gasteiger partial charge >= 0.3 is 0 Å². The smallest absolute Gasteiger partial charge is 0.266 e. The van der Waals surface area contributed by atoms with Crippen LogP contribution in [0.1, 0.15) is 12.0 Å². The molecule has 0 spiro atoms. The van der Waals surface area contributed by atoms with Gasteiger partial charge in [0.05, 0.1) is 15.2 Å². The number of ether oxygens (including phenoxy) is 1. The first-order valence-electron chi connectivity index (χ1n) is 9.24. The summed E-state index contributed by atoms with van der Waals surface area (Å²) in [5, 5.41) is 1.58. The molecule has 0 atom stereocenters. The van der Waals surface area contributed by atoms with Gasteiger partial charge in [0, 0.05) is 11.6 Å². The molecule has 2 aromatic carbocycles. The number of hydrogen-bond acceptors (Lipinski definition) is 5. The lowest BCUT2D eigenvalue weighted by Crippen LogP contribution is -2.36. The molecule has 0 fully saturated rings. The minimum atomic E-state index is -0.161. The molecule has 1 heterocycles. The van der Waals surface area contributed by atoms with Crippen LogP contribution in [0, 0.1) is 6.92 Å². The van der Waals surface area contributed by atoms with Crippen molar-refractivity contribution in [1.29, 1.82) is 0 Å². The van der Waals surface area contributed by atoms with Crippen LogP contribution in [0.25, 0.3) is 10.2 Å². The molecule has 1 aromatic heterocycles.